The third kappa shape index (κ3) is 4.25. The molecule has 1 heterocycles. The summed E-state index contributed by atoms with van der Waals surface area (Å²) in [6, 6.07) is 12.8. The molecule has 0 fully saturated rings. The lowest BCUT2D eigenvalue weighted by Gasteiger charge is -2.18. The van der Waals surface area contributed by atoms with Crippen LogP contribution in [0.15, 0.2) is 48.5 Å². The molecule has 0 aliphatic rings. The number of methoxy groups -OCH3 is 1. The van der Waals surface area contributed by atoms with Crippen LogP contribution in [0.1, 0.15) is 16.1 Å². The van der Waals surface area contributed by atoms with E-state index in [9.17, 15) is 14.0 Å². The van der Waals surface area contributed by atoms with E-state index >= 15 is 0 Å². The third-order valence-electron chi connectivity index (χ3n) is 4.28. The van der Waals surface area contributed by atoms with E-state index in [-0.39, 0.29) is 24.2 Å². The number of hydrogen-bond acceptors (Lipinski definition) is 4. The number of fused-ring (bicyclic) bond motifs is 1. The van der Waals surface area contributed by atoms with Gasteiger partial charge >= 0.3 is 0 Å². The highest BCUT2D eigenvalue weighted by Crippen LogP contribution is 2.19. The van der Waals surface area contributed by atoms with Crippen LogP contribution < -0.4 is 10.1 Å². The van der Waals surface area contributed by atoms with Gasteiger partial charge in [0.05, 0.1) is 30.4 Å². The number of carbonyl (C=O) groups is 2. The summed E-state index contributed by atoms with van der Waals surface area (Å²) in [7, 11) is 3.09. The SMILES string of the molecule is COc1cccc(NC(=O)CN(C)C(=O)c2cc3ccc(F)cc3nc2C)c1. The lowest BCUT2D eigenvalue weighted by molar-refractivity contribution is -0.116. The summed E-state index contributed by atoms with van der Waals surface area (Å²) in [5, 5.41) is 3.39. The first-order valence-corrected chi connectivity index (χ1v) is 8.63. The second kappa shape index (κ2) is 8.04. The Kier molecular flexibility index (Phi) is 5.54. The van der Waals surface area contributed by atoms with E-state index in [1.807, 2.05) is 0 Å². The zero-order chi connectivity index (χ0) is 20.3. The Hall–Kier alpha value is -3.48. The van der Waals surface area contributed by atoms with Crippen LogP contribution in [0, 0.1) is 12.7 Å². The Morgan fingerprint density at radius 3 is 2.71 bits per heavy atom. The third-order valence-corrected chi connectivity index (χ3v) is 4.28. The summed E-state index contributed by atoms with van der Waals surface area (Å²) in [5.74, 6) is -0.434. The number of hydrogen-bond donors (Lipinski definition) is 1. The summed E-state index contributed by atoms with van der Waals surface area (Å²) in [4.78, 5) is 30.7. The van der Waals surface area contributed by atoms with E-state index in [0.717, 1.165) is 0 Å². The maximum Gasteiger partial charge on any atom is 0.255 e. The quantitative estimate of drug-likeness (QED) is 0.735. The van der Waals surface area contributed by atoms with E-state index in [1.54, 1.807) is 57.5 Å². The summed E-state index contributed by atoms with van der Waals surface area (Å²) in [6.07, 6.45) is 0. The van der Waals surface area contributed by atoms with Gasteiger partial charge in [-0.25, -0.2) is 4.39 Å². The van der Waals surface area contributed by atoms with Crippen LogP contribution in [-0.4, -0.2) is 42.4 Å². The fourth-order valence-corrected chi connectivity index (χ4v) is 2.85. The largest absolute Gasteiger partial charge is 0.497 e. The van der Waals surface area contributed by atoms with Crippen molar-refractivity contribution in [3.63, 3.8) is 0 Å². The number of nitrogens with zero attached hydrogens (tertiary/aromatic N) is 2. The number of amides is 2. The fraction of sp³-hybridized carbons (Fsp3) is 0.190. The van der Waals surface area contributed by atoms with Gasteiger partial charge in [-0.15, -0.1) is 0 Å². The van der Waals surface area contributed by atoms with Crippen molar-refractivity contribution in [3.8, 4) is 5.75 Å². The molecule has 28 heavy (non-hydrogen) atoms. The minimum atomic E-state index is -0.384. The van der Waals surface area contributed by atoms with Crippen LogP contribution in [-0.2, 0) is 4.79 Å². The maximum atomic E-state index is 13.4. The predicted molar refractivity (Wildman–Crippen MR) is 105 cm³/mol. The van der Waals surface area contributed by atoms with Crippen molar-refractivity contribution >= 4 is 28.4 Å². The lowest BCUT2D eigenvalue weighted by Crippen LogP contribution is -2.35. The molecule has 0 saturated heterocycles. The number of carbonyl (C=O) groups excluding carboxylic acids is 2. The number of nitrogens with one attached hydrogen (secondary N) is 1. The van der Waals surface area contributed by atoms with Crippen molar-refractivity contribution in [1.29, 1.82) is 0 Å². The first-order valence-electron chi connectivity index (χ1n) is 8.63. The van der Waals surface area contributed by atoms with E-state index in [4.69, 9.17) is 4.74 Å². The summed E-state index contributed by atoms with van der Waals surface area (Å²) in [6.45, 7) is 1.55. The van der Waals surface area contributed by atoms with Gasteiger partial charge in [-0.2, -0.15) is 0 Å². The van der Waals surface area contributed by atoms with Crippen LogP contribution in [0.5, 0.6) is 5.75 Å². The van der Waals surface area contributed by atoms with Gasteiger partial charge in [0, 0.05) is 30.3 Å². The van der Waals surface area contributed by atoms with E-state index in [1.165, 1.54) is 17.0 Å². The highest BCUT2D eigenvalue weighted by molar-refractivity contribution is 6.01. The molecule has 6 nitrogen and oxygen atoms in total. The molecule has 1 N–H and O–H groups in total. The molecule has 0 bridgehead atoms. The normalized spacial score (nSPS) is 10.6. The van der Waals surface area contributed by atoms with Crippen LogP contribution in [0.4, 0.5) is 10.1 Å². The summed E-state index contributed by atoms with van der Waals surface area (Å²) in [5.41, 5.74) is 1.90. The molecule has 2 amide bonds. The predicted octanol–water partition coefficient (Wildman–Crippen LogP) is 3.40. The van der Waals surface area contributed by atoms with Gasteiger partial charge in [0.15, 0.2) is 0 Å². The monoisotopic (exact) mass is 381 g/mol. The van der Waals surface area contributed by atoms with E-state index < -0.39 is 0 Å². The topological polar surface area (TPSA) is 71.5 Å². The number of rotatable bonds is 5. The standard InChI is InChI=1S/C21H20FN3O3/c1-13-18(9-14-7-8-15(22)10-19(14)23-13)21(27)25(2)12-20(26)24-16-5-4-6-17(11-16)28-3/h4-11H,12H2,1-3H3,(H,24,26). The minimum absolute atomic E-state index is 0.128. The second-order valence-corrected chi connectivity index (χ2v) is 6.40. The molecule has 0 aliphatic heterocycles. The van der Waals surface area contributed by atoms with Crippen LogP contribution in [0.3, 0.4) is 0 Å². The zero-order valence-electron chi connectivity index (χ0n) is 15.8. The molecule has 3 rings (SSSR count). The van der Waals surface area contributed by atoms with Crippen molar-refractivity contribution in [2.75, 3.05) is 26.0 Å². The molecule has 1 aromatic heterocycles. The summed E-state index contributed by atoms with van der Waals surface area (Å²) < 4.78 is 18.5. The van der Waals surface area contributed by atoms with Crippen LogP contribution in [0.25, 0.3) is 10.9 Å². The van der Waals surface area contributed by atoms with Gasteiger partial charge in [-0.3, -0.25) is 14.6 Å². The molecule has 0 aliphatic carbocycles. The smallest absolute Gasteiger partial charge is 0.255 e. The van der Waals surface area contributed by atoms with E-state index in [0.29, 0.717) is 33.6 Å². The van der Waals surface area contributed by atoms with Crippen molar-refractivity contribution in [2.24, 2.45) is 0 Å². The molecule has 144 valence electrons. The molecule has 0 spiro atoms. The molecule has 0 radical (unpaired) electrons. The number of anilines is 1. The Balaban J connectivity index is 1.73. The number of benzene rings is 2. The van der Waals surface area contributed by atoms with Crippen molar-refractivity contribution < 1.29 is 18.7 Å². The highest BCUT2D eigenvalue weighted by Gasteiger charge is 2.18. The summed E-state index contributed by atoms with van der Waals surface area (Å²) >= 11 is 0. The molecule has 0 atom stereocenters. The second-order valence-electron chi connectivity index (χ2n) is 6.40. The average Bonchev–Trinajstić information content (AvgIpc) is 2.66. The van der Waals surface area contributed by atoms with Crippen molar-refractivity contribution in [1.82, 2.24) is 9.88 Å². The molecule has 0 unspecified atom stereocenters. The first-order chi connectivity index (χ1) is 13.4. The average molecular weight is 381 g/mol. The first kappa shape index (κ1) is 19.3. The van der Waals surface area contributed by atoms with Gasteiger partial charge < -0.3 is 15.0 Å². The number of aromatic nitrogens is 1. The number of ether oxygens (including phenoxy) is 1. The molecule has 3 aromatic rings. The minimum Gasteiger partial charge on any atom is -0.497 e. The number of pyridine rings is 1. The molecule has 0 saturated carbocycles. The Labute approximate surface area is 161 Å². The molecule has 7 heteroatoms. The van der Waals surface area contributed by atoms with Crippen LogP contribution >= 0.6 is 0 Å². The molecule has 2 aromatic carbocycles. The van der Waals surface area contributed by atoms with Gasteiger partial charge in [0.25, 0.3) is 5.91 Å². The van der Waals surface area contributed by atoms with Crippen molar-refractivity contribution in [2.45, 2.75) is 6.92 Å². The molecular weight excluding hydrogens is 361 g/mol. The van der Waals surface area contributed by atoms with Gasteiger partial charge in [0.2, 0.25) is 5.91 Å². The lowest BCUT2D eigenvalue weighted by atomic mass is 10.1. The van der Waals surface area contributed by atoms with Gasteiger partial charge in [0.1, 0.15) is 11.6 Å². The number of halogens is 1. The zero-order valence-corrected chi connectivity index (χ0v) is 15.8. The van der Waals surface area contributed by atoms with Gasteiger partial charge in [-0.1, -0.05) is 6.07 Å². The Morgan fingerprint density at radius 1 is 1.18 bits per heavy atom. The molecular formula is C21H20FN3O3. The number of aryl methyl sites for hydroxylation is 1. The number of likely N-dealkylation sites (N-methyl/N-ethyl adjacent to an activating group) is 1. The fourth-order valence-electron chi connectivity index (χ4n) is 2.85. The Morgan fingerprint density at radius 2 is 1.96 bits per heavy atom. The maximum absolute atomic E-state index is 13.4. The van der Waals surface area contributed by atoms with Gasteiger partial charge in [-0.05, 0) is 37.3 Å². The van der Waals surface area contributed by atoms with E-state index in [2.05, 4.69) is 10.3 Å². The van der Waals surface area contributed by atoms with Crippen LogP contribution in [0.2, 0.25) is 0 Å². The highest BCUT2D eigenvalue weighted by atomic mass is 19.1. The van der Waals surface area contributed by atoms with Crippen molar-refractivity contribution in [3.05, 3.63) is 65.6 Å². The Bertz CT molecular complexity index is 1050.